The quantitative estimate of drug-likeness (QED) is 0.423. The van der Waals surface area contributed by atoms with E-state index in [9.17, 15) is 9.90 Å². The zero-order chi connectivity index (χ0) is 23.2. The van der Waals surface area contributed by atoms with Crippen molar-refractivity contribution in [2.75, 3.05) is 13.7 Å². The monoisotopic (exact) mass is 444 g/mol. The van der Waals surface area contributed by atoms with E-state index in [0.717, 1.165) is 35.0 Å². The van der Waals surface area contributed by atoms with E-state index < -0.39 is 0 Å². The van der Waals surface area contributed by atoms with E-state index in [0.29, 0.717) is 17.6 Å². The number of amides is 1. The van der Waals surface area contributed by atoms with Crippen molar-refractivity contribution in [2.24, 2.45) is 5.41 Å². The van der Waals surface area contributed by atoms with Crippen LogP contribution in [0.4, 0.5) is 0 Å². The number of hydrogen-bond acceptors (Lipinski definition) is 5. The molecule has 0 saturated carbocycles. The van der Waals surface area contributed by atoms with E-state index in [2.05, 4.69) is 45.5 Å². The first kappa shape index (κ1) is 21.3. The SMILES string of the molecule is CNC(=O)c1ccc(C(CCO)n2cc3cc(-c4n[nH]c5c4CC(C)(C)C5)cnc3n2)cc1. The van der Waals surface area contributed by atoms with Crippen LogP contribution < -0.4 is 5.32 Å². The fourth-order valence-corrected chi connectivity index (χ4v) is 4.79. The highest BCUT2D eigenvalue weighted by Gasteiger charge is 2.33. The van der Waals surface area contributed by atoms with E-state index in [1.165, 1.54) is 11.3 Å². The molecule has 0 fully saturated rings. The lowest BCUT2D eigenvalue weighted by Gasteiger charge is -2.17. The van der Waals surface area contributed by atoms with Gasteiger partial charge in [0, 0.05) is 53.8 Å². The van der Waals surface area contributed by atoms with Gasteiger partial charge in [0.25, 0.3) is 5.91 Å². The Balaban J connectivity index is 1.48. The third-order valence-corrected chi connectivity index (χ3v) is 6.42. The molecule has 0 bridgehead atoms. The Hall–Kier alpha value is -3.52. The summed E-state index contributed by atoms with van der Waals surface area (Å²) >= 11 is 0. The van der Waals surface area contributed by atoms with Crippen LogP contribution in [0.1, 0.15) is 53.5 Å². The lowest BCUT2D eigenvalue weighted by atomic mass is 9.90. The summed E-state index contributed by atoms with van der Waals surface area (Å²) in [7, 11) is 1.61. The Morgan fingerprint density at radius 3 is 2.79 bits per heavy atom. The summed E-state index contributed by atoms with van der Waals surface area (Å²) in [4.78, 5) is 16.5. The summed E-state index contributed by atoms with van der Waals surface area (Å²) in [5.41, 5.74) is 6.90. The number of pyridine rings is 1. The second-order valence-electron chi connectivity index (χ2n) is 9.52. The molecule has 1 aliphatic carbocycles. The highest BCUT2D eigenvalue weighted by atomic mass is 16.3. The molecule has 0 radical (unpaired) electrons. The smallest absolute Gasteiger partial charge is 0.251 e. The molecule has 1 unspecified atom stereocenters. The number of fused-ring (bicyclic) bond motifs is 2. The largest absolute Gasteiger partial charge is 0.396 e. The lowest BCUT2D eigenvalue weighted by Crippen LogP contribution is -2.18. The van der Waals surface area contributed by atoms with E-state index in [4.69, 9.17) is 0 Å². The van der Waals surface area contributed by atoms with Crippen molar-refractivity contribution in [1.29, 1.82) is 0 Å². The summed E-state index contributed by atoms with van der Waals surface area (Å²) < 4.78 is 1.85. The third-order valence-electron chi connectivity index (χ3n) is 6.42. The predicted octanol–water partition coefficient (Wildman–Crippen LogP) is 3.28. The summed E-state index contributed by atoms with van der Waals surface area (Å²) in [5.74, 6) is -0.130. The topological polar surface area (TPSA) is 109 Å². The predicted molar refractivity (Wildman–Crippen MR) is 126 cm³/mol. The first-order valence-corrected chi connectivity index (χ1v) is 11.2. The van der Waals surface area contributed by atoms with Crippen LogP contribution in [0, 0.1) is 5.41 Å². The molecule has 3 N–H and O–H groups in total. The second kappa shape index (κ2) is 8.12. The van der Waals surface area contributed by atoms with Gasteiger partial charge in [0.1, 0.15) is 0 Å². The molecular weight excluding hydrogens is 416 g/mol. The Kier molecular flexibility index (Phi) is 5.25. The van der Waals surface area contributed by atoms with Crippen LogP contribution in [0.25, 0.3) is 22.3 Å². The normalized spacial score (nSPS) is 15.5. The van der Waals surface area contributed by atoms with Gasteiger partial charge in [-0.2, -0.15) is 10.2 Å². The zero-order valence-corrected chi connectivity index (χ0v) is 19.1. The number of aromatic nitrogens is 5. The van der Waals surface area contributed by atoms with Crippen LogP contribution in [-0.2, 0) is 12.8 Å². The number of aliphatic hydroxyl groups is 1. The molecule has 8 nitrogen and oxygen atoms in total. The molecular formula is C25H28N6O2. The summed E-state index contributed by atoms with van der Waals surface area (Å²) in [5, 5.41) is 25.7. The minimum Gasteiger partial charge on any atom is -0.396 e. The molecule has 0 aliphatic heterocycles. The molecule has 8 heteroatoms. The minimum absolute atomic E-state index is 0.0198. The highest BCUT2D eigenvalue weighted by Crippen LogP contribution is 2.40. The van der Waals surface area contributed by atoms with Gasteiger partial charge in [-0.25, -0.2) is 4.98 Å². The number of H-pyrrole nitrogens is 1. The number of benzene rings is 1. The maximum Gasteiger partial charge on any atom is 0.251 e. The maximum absolute atomic E-state index is 11.9. The van der Waals surface area contributed by atoms with Crippen molar-refractivity contribution in [3.8, 4) is 11.3 Å². The van der Waals surface area contributed by atoms with Crippen molar-refractivity contribution in [3.63, 3.8) is 0 Å². The van der Waals surface area contributed by atoms with Gasteiger partial charge in [-0.15, -0.1) is 0 Å². The van der Waals surface area contributed by atoms with Crippen molar-refractivity contribution in [1.82, 2.24) is 30.3 Å². The summed E-state index contributed by atoms with van der Waals surface area (Å²) in [6.07, 6.45) is 6.30. The maximum atomic E-state index is 11.9. The van der Waals surface area contributed by atoms with Crippen LogP contribution in [0.15, 0.2) is 42.7 Å². The van der Waals surface area contributed by atoms with E-state index in [-0.39, 0.29) is 24.0 Å². The van der Waals surface area contributed by atoms with Crippen LogP contribution >= 0.6 is 0 Å². The molecule has 1 aliphatic rings. The third kappa shape index (κ3) is 3.91. The number of aliphatic hydroxyl groups excluding tert-OH is 1. The average Bonchev–Trinajstić information content (AvgIpc) is 3.47. The average molecular weight is 445 g/mol. The van der Waals surface area contributed by atoms with Crippen molar-refractivity contribution < 1.29 is 9.90 Å². The first-order chi connectivity index (χ1) is 15.9. The molecule has 3 heterocycles. The van der Waals surface area contributed by atoms with Crippen LogP contribution in [0.2, 0.25) is 0 Å². The Bertz CT molecular complexity index is 1320. The van der Waals surface area contributed by atoms with E-state index in [1.54, 1.807) is 19.2 Å². The number of carbonyl (C=O) groups is 1. The van der Waals surface area contributed by atoms with E-state index in [1.807, 2.05) is 29.2 Å². The number of rotatable bonds is 6. The van der Waals surface area contributed by atoms with Gasteiger partial charge in [-0.3, -0.25) is 14.6 Å². The van der Waals surface area contributed by atoms with Gasteiger partial charge in [0.2, 0.25) is 0 Å². The van der Waals surface area contributed by atoms with Gasteiger partial charge in [0.05, 0.1) is 11.7 Å². The first-order valence-electron chi connectivity index (χ1n) is 11.2. The van der Waals surface area contributed by atoms with Gasteiger partial charge in [-0.1, -0.05) is 26.0 Å². The number of hydrogen-bond donors (Lipinski definition) is 3. The lowest BCUT2D eigenvalue weighted by molar-refractivity contribution is 0.0963. The molecule has 0 saturated heterocycles. The molecule has 3 aromatic heterocycles. The Morgan fingerprint density at radius 2 is 2.06 bits per heavy atom. The fourth-order valence-electron chi connectivity index (χ4n) is 4.79. The molecule has 1 aromatic carbocycles. The summed E-state index contributed by atoms with van der Waals surface area (Å²) in [6, 6.07) is 9.31. The van der Waals surface area contributed by atoms with Crippen molar-refractivity contribution >= 4 is 16.9 Å². The number of nitrogens with zero attached hydrogens (tertiary/aromatic N) is 4. The highest BCUT2D eigenvalue weighted by molar-refractivity contribution is 5.94. The molecule has 33 heavy (non-hydrogen) atoms. The standard InChI is InChI=1S/C25H28N6O2/c1-25(2)11-19-20(12-25)28-29-22(19)17-10-18-14-31(30-23(18)27-13-17)21(8-9-32)15-4-6-16(7-5-15)24(33)26-3/h4-7,10,13-14,21,32H,8-9,11-12H2,1-3H3,(H,26,33)(H,28,29). The van der Waals surface area contributed by atoms with Crippen molar-refractivity contribution in [2.45, 2.75) is 39.2 Å². The van der Waals surface area contributed by atoms with Crippen LogP contribution in [-0.4, -0.2) is 49.6 Å². The molecule has 1 amide bonds. The minimum atomic E-state index is -0.165. The Morgan fingerprint density at radius 1 is 1.27 bits per heavy atom. The molecule has 5 rings (SSSR count). The van der Waals surface area contributed by atoms with Gasteiger partial charge < -0.3 is 10.4 Å². The van der Waals surface area contributed by atoms with Gasteiger partial charge >= 0.3 is 0 Å². The Labute approximate surface area is 192 Å². The molecule has 0 spiro atoms. The molecule has 1 atom stereocenters. The van der Waals surface area contributed by atoms with Gasteiger partial charge in [-0.05, 0) is 48.4 Å². The second-order valence-corrected chi connectivity index (χ2v) is 9.52. The summed E-state index contributed by atoms with van der Waals surface area (Å²) in [6.45, 7) is 4.57. The van der Waals surface area contributed by atoms with Crippen LogP contribution in [0.5, 0.6) is 0 Å². The number of nitrogens with one attached hydrogen (secondary N) is 2. The molecule has 170 valence electrons. The molecule has 4 aromatic rings. The van der Waals surface area contributed by atoms with Gasteiger partial charge in [0.15, 0.2) is 5.65 Å². The fraction of sp³-hybridized carbons (Fsp3) is 0.360. The van der Waals surface area contributed by atoms with Crippen molar-refractivity contribution in [3.05, 3.63) is 65.1 Å². The number of aromatic amines is 1. The van der Waals surface area contributed by atoms with E-state index >= 15 is 0 Å². The number of carbonyl (C=O) groups excluding carboxylic acids is 1. The zero-order valence-electron chi connectivity index (χ0n) is 19.1. The van der Waals surface area contributed by atoms with Crippen LogP contribution in [0.3, 0.4) is 0 Å².